The van der Waals surface area contributed by atoms with E-state index in [9.17, 15) is 52.2 Å². The van der Waals surface area contributed by atoms with Crippen molar-refractivity contribution in [2.75, 3.05) is 19.6 Å². The molecule has 1 aliphatic heterocycles. The van der Waals surface area contributed by atoms with E-state index < -0.39 is 77.4 Å². The van der Waals surface area contributed by atoms with Crippen molar-refractivity contribution in [1.82, 2.24) is 26.2 Å². The second-order valence-electron chi connectivity index (χ2n) is 16.8. The molecule has 1 saturated heterocycles. The average molecular weight is 902 g/mol. The van der Waals surface area contributed by atoms with Crippen molar-refractivity contribution in [3.8, 4) is 5.75 Å². The standard InChI is InChI=1S/C39H65N9O8.C2HF3O2/c1-24(2)22-29(37(55)56)46-35(53)32(39(3,4)5)47-33(51)28(23-25-15-17-26(49)18-16-25)45-34(52)30-13-11-21-48(30)36(54)27(12-10-20-43-38(41)42)44-31(50)14-8-6-7-9-19-40;3-2(4,5)1(6)7/h15-18,24,27-30,32,49H,6-14,19-23,40H2,1-5H3,(H,44,50)(H,45,52)(H,46,53)(H,47,51)(H,55,56)(H4,41,42,43);(H,6,7)/t27-,28-,29-,30-,32+;/m0./s1. The number of carboxylic acids is 2. The molecule has 0 saturated carbocycles. The second-order valence-corrected chi connectivity index (χ2v) is 16.8. The molecule has 2 rings (SSSR count). The van der Waals surface area contributed by atoms with E-state index in [0.29, 0.717) is 37.8 Å². The summed E-state index contributed by atoms with van der Waals surface area (Å²) in [5.74, 6) is -6.80. The van der Waals surface area contributed by atoms with E-state index in [0.717, 1.165) is 19.3 Å². The Labute approximate surface area is 365 Å². The number of nitrogens with two attached hydrogens (primary N) is 3. The predicted octanol–water partition coefficient (Wildman–Crippen LogP) is 1.64. The van der Waals surface area contributed by atoms with Crippen molar-refractivity contribution in [2.45, 2.75) is 142 Å². The van der Waals surface area contributed by atoms with Crippen molar-refractivity contribution in [1.29, 1.82) is 0 Å². The lowest BCUT2D eigenvalue weighted by atomic mass is 9.85. The van der Waals surface area contributed by atoms with Gasteiger partial charge in [-0.2, -0.15) is 13.2 Å². The zero-order valence-electron chi connectivity index (χ0n) is 36.6. The molecule has 1 aliphatic rings. The first kappa shape index (κ1) is 55.3. The van der Waals surface area contributed by atoms with Gasteiger partial charge in [-0.05, 0) is 80.5 Å². The maximum Gasteiger partial charge on any atom is 0.490 e. The average Bonchev–Trinajstić information content (AvgIpc) is 3.67. The number of guanidine groups is 1. The van der Waals surface area contributed by atoms with Gasteiger partial charge in [0.05, 0.1) is 0 Å². The van der Waals surface area contributed by atoms with Crippen molar-refractivity contribution < 1.29 is 62.1 Å². The van der Waals surface area contributed by atoms with Crippen LogP contribution >= 0.6 is 0 Å². The maximum absolute atomic E-state index is 14.1. The van der Waals surface area contributed by atoms with Crippen molar-refractivity contribution in [2.24, 2.45) is 33.5 Å². The Kier molecular flexibility index (Phi) is 23.5. The summed E-state index contributed by atoms with van der Waals surface area (Å²) < 4.78 is 31.7. The summed E-state index contributed by atoms with van der Waals surface area (Å²) in [5.41, 5.74) is 16.2. The Bertz CT molecular complexity index is 1700. The van der Waals surface area contributed by atoms with Gasteiger partial charge in [-0.25, -0.2) is 9.59 Å². The van der Waals surface area contributed by atoms with Gasteiger partial charge in [-0.1, -0.05) is 59.6 Å². The number of nitrogens with zero attached hydrogens (tertiary/aromatic N) is 2. The molecule has 1 fully saturated rings. The third kappa shape index (κ3) is 21.3. The number of nitrogens with one attached hydrogen (secondary N) is 4. The molecule has 22 heteroatoms. The minimum absolute atomic E-state index is 0.00397. The van der Waals surface area contributed by atoms with Crippen LogP contribution in [0.5, 0.6) is 5.75 Å². The monoisotopic (exact) mass is 901 g/mol. The Morgan fingerprint density at radius 2 is 1.44 bits per heavy atom. The van der Waals surface area contributed by atoms with Gasteiger partial charge in [0.15, 0.2) is 5.96 Å². The SMILES string of the molecule is CC(C)C[C@H](NC(=O)[C@@H](NC(=O)[C@H](Cc1ccc(O)cc1)NC(=O)[C@@H]1CCCN1C(=O)[C@H](CCCN=C(N)N)NC(=O)CCCCCCN)C(C)(C)C)C(=O)O.O=C(O)C(F)(F)F. The molecule has 1 heterocycles. The summed E-state index contributed by atoms with van der Waals surface area (Å²) in [5, 5.41) is 37.7. The summed E-state index contributed by atoms with van der Waals surface area (Å²) in [6.07, 6.45) is -0.0755. The fraction of sp³-hybridized carbons (Fsp3) is 0.659. The molecule has 0 spiro atoms. The molecule has 5 atom stereocenters. The lowest BCUT2D eigenvalue weighted by Gasteiger charge is -2.33. The third-order valence-corrected chi connectivity index (χ3v) is 9.76. The van der Waals surface area contributed by atoms with E-state index in [1.54, 1.807) is 32.9 Å². The zero-order chi connectivity index (χ0) is 48.1. The van der Waals surface area contributed by atoms with Crippen LogP contribution in [0.15, 0.2) is 29.3 Å². The van der Waals surface area contributed by atoms with Gasteiger partial charge in [-0.3, -0.25) is 29.0 Å². The molecule has 0 radical (unpaired) electrons. The third-order valence-electron chi connectivity index (χ3n) is 9.76. The summed E-state index contributed by atoms with van der Waals surface area (Å²) in [6, 6.07) is 0.580. The number of benzene rings is 1. The maximum atomic E-state index is 14.1. The lowest BCUT2D eigenvalue weighted by molar-refractivity contribution is -0.192. The molecule has 0 aromatic heterocycles. The number of carbonyl (C=O) groups is 7. The van der Waals surface area contributed by atoms with Crippen molar-refractivity contribution in [3.05, 3.63) is 29.8 Å². The van der Waals surface area contributed by atoms with Gasteiger partial charge in [0, 0.05) is 25.9 Å². The number of alkyl halides is 3. The minimum atomic E-state index is -5.08. The summed E-state index contributed by atoms with van der Waals surface area (Å²) in [4.78, 5) is 94.9. The number of likely N-dealkylation sites (tertiary alicyclic amines) is 1. The van der Waals surface area contributed by atoms with Gasteiger partial charge < -0.3 is 58.7 Å². The van der Waals surface area contributed by atoms with Gasteiger partial charge >= 0.3 is 18.1 Å². The summed E-state index contributed by atoms with van der Waals surface area (Å²) in [6.45, 7) is 9.89. The Hall–Kier alpha value is -5.67. The number of phenolic OH excluding ortho intramolecular Hbond substituents is 1. The summed E-state index contributed by atoms with van der Waals surface area (Å²) >= 11 is 0. The molecule has 19 nitrogen and oxygen atoms in total. The summed E-state index contributed by atoms with van der Waals surface area (Å²) in [7, 11) is 0. The van der Waals surface area contributed by atoms with Crippen LogP contribution in [0.25, 0.3) is 0 Å². The molecule has 1 aromatic carbocycles. The quantitative estimate of drug-likeness (QED) is 0.0425. The number of unbranched alkanes of at least 4 members (excludes halogenated alkanes) is 3. The molecule has 356 valence electrons. The van der Waals surface area contributed by atoms with Gasteiger partial charge in [-0.15, -0.1) is 0 Å². The molecular weight excluding hydrogens is 835 g/mol. The first-order valence-corrected chi connectivity index (χ1v) is 20.9. The lowest BCUT2D eigenvalue weighted by Crippen LogP contribution is -2.61. The van der Waals surface area contributed by atoms with Crippen molar-refractivity contribution >= 4 is 47.4 Å². The number of halogens is 3. The Morgan fingerprint density at radius 1 is 0.841 bits per heavy atom. The Morgan fingerprint density at radius 3 is 1.97 bits per heavy atom. The highest BCUT2D eigenvalue weighted by Gasteiger charge is 2.41. The number of aromatic hydroxyl groups is 1. The van der Waals surface area contributed by atoms with E-state index in [4.69, 9.17) is 27.1 Å². The first-order chi connectivity index (χ1) is 29.3. The van der Waals surface area contributed by atoms with Gasteiger partial charge in [0.1, 0.15) is 36.0 Å². The van der Waals surface area contributed by atoms with Crippen LogP contribution in [0.4, 0.5) is 13.2 Å². The van der Waals surface area contributed by atoms with E-state index in [1.807, 2.05) is 13.8 Å². The van der Waals surface area contributed by atoms with Crippen LogP contribution in [0.1, 0.15) is 104 Å². The van der Waals surface area contributed by atoms with Crippen LogP contribution in [0.3, 0.4) is 0 Å². The molecule has 63 heavy (non-hydrogen) atoms. The Balaban J connectivity index is 0.00000260. The zero-order valence-corrected chi connectivity index (χ0v) is 36.6. The molecule has 0 bridgehead atoms. The molecule has 13 N–H and O–H groups in total. The van der Waals surface area contributed by atoms with Crippen LogP contribution < -0.4 is 38.5 Å². The molecule has 1 aromatic rings. The highest BCUT2D eigenvalue weighted by molar-refractivity contribution is 5.96. The van der Waals surface area contributed by atoms with Gasteiger partial charge in [0.2, 0.25) is 29.5 Å². The minimum Gasteiger partial charge on any atom is -0.508 e. The van der Waals surface area contributed by atoms with Gasteiger partial charge in [0.25, 0.3) is 0 Å². The number of amides is 5. The number of rotatable bonds is 23. The number of hydrogen-bond donors (Lipinski definition) is 10. The predicted molar refractivity (Wildman–Crippen MR) is 227 cm³/mol. The van der Waals surface area contributed by atoms with E-state index in [2.05, 4.69) is 26.3 Å². The smallest absolute Gasteiger partial charge is 0.490 e. The molecule has 0 unspecified atom stereocenters. The molecule has 5 amide bonds. The number of aliphatic imine (C=N–C) groups is 1. The fourth-order valence-corrected chi connectivity index (χ4v) is 6.53. The molecular formula is C41H66F3N9O10. The number of carbonyl (C=O) groups excluding carboxylic acids is 5. The highest BCUT2D eigenvalue weighted by atomic mass is 19.4. The topological polar surface area (TPSA) is 322 Å². The number of phenols is 1. The largest absolute Gasteiger partial charge is 0.508 e. The highest BCUT2D eigenvalue weighted by Crippen LogP contribution is 2.23. The van der Waals surface area contributed by atoms with Crippen LogP contribution in [0.2, 0.25) is 0 Å². The number of carboxylic acid groups (broad SMARTS) is 2. The fourth-order valence-electron chi connectivity index (χ4n) is 6.53. The first-order valence-electron chi connectivity index (χ1n) is 20.9. The van der Waals surface area contributed by atoms with Crippen LogP contribution in [0, 0.1) is 11.3 Å². The number of hydrogen-bond acceptors (Lipinski definition) is 10. The van der Waals surface area contributed by atoms with E-state index in [-0.39, 0.29) is 62.3 Å². The van der Waals surface area contributed by atoms with E-state index >= 15 is 0 Å². The molecule has 0 aliphatic carbocycles. The van der Waals surface area contributed by atoms with Crippen LogP contribution in [-0.4, -0.2) is 124 Å². The van der Waals surface area contributed by atoms with E-state index in [1.165, 1.54) is 17.0 Å². The second kappa shape index (κ2) is 26.7. The number of aliphatic carboxylic acids is 2. The normalized spacial score (nSPS) is 15.7. The van der Waals surface area contributed by atoms with Crippen LogP contribution in [-0.2, 0) is 40.0 Å². The van der Waals surface area contributed by atoms with Crippen molar-refractivity contribution in [3.63, 3.8) is 0 Å².